The van der Waals surface area contributed by atoms with Gasteiger partial charge in [-0.1, -0.05) is 86.6 Å². The van der Waals surface area contributed by atoms with Crippen LogP contribution in [0.3, 0.4) is 0 Å². The SMILES string of the molecule is CCC(C)c1ccc(N2C(=O)NC(=O)/C(=C/c3cn(Cc4cccc5ccccc45)c4ccccc34)C2=O)cc1. The van der Waals surface area contributed by atoms with Gasteiger partial charge in [0.05, 0.1) is 5.69 Å². The van der Waals surface area contributed by atoms with Gasteiger partial charge >= 0.3 is 6.03 Å². The maximum Gasteiger partial charge on any atom is 0.335 e. The van der Waals surface area contributed by atoms with Gasteiger partial charge in [-0.05, 0) is 58.5 Å². The van der Waals surface area contributed by atoms with Gasteiger partial charge in [-0.2, -0.15) is 0 Å². The number of urea groups is 1. The van der Waals surface area contributed by atoms with Crippen molar-refractivity contribution in [1.82, 2.24) is 9.88 Å². The lowest BCUT2D eigenvalue weighted by molar-refractivity contribution is -0.122. The molecule has 4 aromatic carbocycles. The number of fused-ring (bicyclic) bond motifs is 2. The van der Waals surface area contributed by atoms with Crippen molar-refractivity contribution < 1.29 is 14.4 Å². The normalized spacial score (nSPS) is 15.7. The summed E-state index contributed by atoms with van der Waals surface area (Å²) in [5, 5.41) is 5.61. The van der Waals surface area contributed by atoms with Crippen molar-refractivity contribution in [3.63, 3.8) is 0 Å². The van der Waals surface area contributed by atoms with Crippen LogP contribution >= 0.6 is 0 Å². The molecule has 0 bridgehead atoms. The zero-order valence-corrected chi connectivity index (χ0v) is 22.4. The van der Waals surface area contributed by atoms with Crippen molar-refractivity contribution in [3.05, 3.63) is 119 Å². The van der Waals surface area contributed by atoms with E-state index in [9.17, 15) is 14.4 Å². The molecular weight excluding hydrogens is 498 g/mol. The molecule has 1 aliphatic heterocycles. The van der Waals surface area contributed by atoms with Crippen LogP contribution in [0.4, 0.5) is 10.5 Å². The van der Waals surface area contributed by atoms with E-state index in [1.807, 2.05) is 54.7 Å². The molecule has 40 heavy (non-hydrogen) atoms. The summed E-state index contributed by atoms with van der Waals surface area (Å²) >= 11 is 0. The van der Waals surface area contributed by atoms with E-state index in [0.29, 0.717) is 18.2 Å². The molecule has 6 heteroatoms. The average molecular weight is 528 g/mol. The molecule has 0 aliphatic carbocycles. The van der Waals surface area contributed by atoms with Gasteiger partial charge in [-0.25, -0.2) is 9.69 Å². The number of hydrogen-bond acceptors (Lipinski definition) is 3. The number of hydrogen-bond donors (Lipinski definition) is 1. The number of carbonyl (C=O) groups is 3. The fourth-order valence-electron chi connectivity index (χ4n) is 5.37. The van der Waals surface area contributed by atoms with Crippen LogP contribution in [-0.2, 0) is 16.1 Å². The molecule has 6 rings (SSSR count). The summed E-state index contributed by atoms with van der Waals surface area (Å²) in [5.74, 6) is -0.979. The summed E-state index contributed by atoms with van der Waals surface area (Å²) in [6.45, 7) is 4.87. The van der Waals surface area contributed by atoms with E-state index in [1.54, 1.807) is 18.2 Å². The molecule has 1 unspecified atom stereocenters. The second-order valence-corrected chi connectivity index (χ2v) is 10.2. The number of imide groups is 2. The Bertz CT molecular complexity index is 1810. The minimum absolute atomic E-state index is 0.0846. The monoisotopic (exact) mass is 527 g/mol. The third-order valence-corrected chi connectivity index (χ3v) is 7.77. The van der Waals surface area contributed by atoms with Crippen LogP contribution in [-0.4, -0.2) is 22.4 Å². The van der Waals surface area contributed by atoms with Crippen molar-refractivity contribution in [2.45, 2.75) is 32.7 Å². The van der Waals surface area contributed by atoms with Gasteiger partial charge in [-0.3, -0.25) is 14.9 Å². The summed E-state index contributed by atoms with van der Waals surface area (Å²) < 4.78 is 2.13. The first-order valence-corrected chi connectivity index (χ1v) is 13.5. The maximum atomic E-state index is 13.6. The predicted molar refractivity (Wildman–Crippen MR) is 159 cm³/mol. The van der Waals surface area contributed by atoms with Crippen molar-refractivity contribution in [3.8, 4) is 0 Å². The molecule has 1 saturated heterocycles. The first-order valence-electron chi connectivity index (χ1n) is 13.5. The van der Waals surface area contributed by atoms with Gasteiger partial charge in [0, 0.05) is 29.2 Å². The Labute approximate surface area is 232 Å². The fraction of sp³-hybridized carbons (Fsp3) is 0.147. The molecule has 2 heterocycles. The first-order chi connectivity index (χ1) is 19.4. The number of aromatic nitrogens is 1. The van der Waals surface area contributed by atoms with Gasteiger partial charge in [-0.15, -0.1) is 0 Å². The van der Waals surface area contributed by atoms with E-state index in [0.717, 1.165) is 33.4 Å². The van der Waals surface area contributed by atoms with E-state index >= 15 is 0 Å². The van der Waals surface area contributed by atoms with Crippen LogP contribution in [0.2, 0.25) is 0 Å². The third kappa shape index (κ3) is 4.47. The van der Waals surface area contributed by atoms with Crippen molar-refractivity contribution in [2.24, 2.45) is 0 Å². The number of carbonyl (C=O) groups excluding carboxylic acids is 3. The number of benzene rings is 4. The summed E-state index contributed by atoms with van der Waals surface area (Å²) in [5.41, 5.74) is 4.35. The lowest BCUT2D eigenvalue weighted by Gasteiger charge is -2.26. The Balaban J connectivity index is 1.38. The van der Waals surface area contributed by atoms with E-state index in [2.05, 4.69) is 54.1 Å². The Morgan fingerprint density at radius 3 is 2.30 bits per heavy atom. The third-order valence-electron chi connectivity index (χ3n) is 7.77. The molecule has 4 amide bonds. The molecule has 0 radical (unpaired) electrons. The summed E-state index contributed by atoms with van der Waals surface area (Å²) in [4.78, 5) is 40.3. The molecule has 6 nitrogen and oxygen atoms in total. The van der Waals surface area contributed by atoms with Crippen LogP contribution in [0.5, 0.6) is 0 Å². The highest BCUT2D eigenvalue weighted by Crippen LogP contribution is 2.29. The molecule has 1 atom stereocenters. The topological polar surface area (TPSA) is 71.4 Å². The first kappa shape index (κ1) is 25.3. The Morgan fingerprint density at radius 1 is 0.825 bits per heavy atom. The molecule has 0 spiro atoms. The van der Waals surface area contributed by atoms with Crippen molar-refractivity contribution >= 4 is 51.3 Å². The molecule has 5 aromatic rings. The molecule has 1 fully saturated rings. The summed E-state index contributed by atoms with van der Waals surface area (Å²) in [6.07, 6.45) is 4.53. The van der Waals surface area contributed by atoms with Crippen LogP contribution in [0.15, 0.2) is 103 Å². The van der Waals surface area contributed by atoms with Crippen molar-refractivity contribution in [1.29, 1.82) is 0 Å². The zero-order chi connectivity index (χ0) is 27.8. The average Bonchev–Trinajstić information content (AvgIpc) is 3.32. The Hall–Kier alpha value is -4.97. The van der Waals surface area contributed by atoms with Crippen LogP contribution in [0.25, 0.3) is 27.8 Å². The summed E-state index contributed by atoms with van der Waals surface area (Å²) in [6, 6.07) is 29.1. The van der Waals surface area contributed by atoms with Gasteiger partial charge < -0.3 is 4.57 Å². The lowest BCUT2D eigenvalue weighted by atomic mass is 9.98. The molecule has 1 aromatic heterocycles. The fourth-order valence-corrected chi connectivity index (χ4v) is 5.37. The Morgan fingerprint density at radius 2 is 1.52 bits per heavy atom. The highest BCUT2D eigenvalue weighted by molar-refractivity contribution is 6.39. The number of anilines is 1. The Kier molecular flexibility index (Phi) is 6.52. The number of amides is 4. The largest absolute Gasteiger partial charge is 0.342 e. The van der Waals surface area contributed by atoms with Crippen LogP contribution < -0.4 is 10.2 Å². The predicted octanol–water partition coefficient (Wildman–Crippen LogP) is 7.02. The zero-order valence-electron chi connectivity index (χ0n) is 22.4. The van der Waals surface area contributed by atoms with Gasteiger partial charge in [0.25, 0.3) is 11.8 Å². The van der Waals surface area contributed by atoms with Crippen LogP contribution in [0.1, 0.15) is 42.9 Å². The number of para-hydroxylation sites is 1. The van der Waals surface area contributed by atoms with E-state index in [-0.39, 0.29) is 5.57 Å². The number of rotatable bonds is 6. The molecule has 198 valence electrons. The number of nitrogens with one attached hydrogen (secondary N) is 1. The quantitative estimate of drug-likeness (QED) is 0.190. The van der Waals surface area contributed by atoms with E-state index in [1.165, 1.54) is 16.3 Å². The standard InChI is InChI=1S/C34H29N3O3/c1-3-22(2)23-15-17-27(18-16-23)37-33(39)30(32(38)35-34(37)40)19-26-21-36(31-14-7-6-13-29(26)31)20-25-11-8-10-24-9-4-5-12-28(24)25/h4-19,21-22H,3,20H2,1-2H3,(H,35,38,40)/b30-19-. The highest BCUT2D eigenvalue weighted by Gasteiger charge is 2.37. The van der Waals surface area contributed by atoms with Gasteiger partial charge in [0.2, 0.25) is 0 Å². The maximum absolute atomic E-state index is 13.6. The van der Waals surface area contributed by atoms with Gasteiger partial charge in [0.1, 0.15) is 5.57 Å². The van der Waals surface area contributed by atoms with Crippen molar-refractivity contribution in [2.75, 3.05) is 4.90 Å². The van der Waals surface area contributed by atoms with E-state index in [4.69, 9.17) is 0 Å². The minimum atomic E-state index is -0.748. The minimum Gasteiger partial charge on any atom is -0.342 e. The van der Waals surface area contributed by atoms with E-state index < -0.39 is 17.8 Å². The molecule has 1 N–H and O–H groups in total. The van der Waals surface area contributed by atoms with Crippen LogP contribution in [0, 0.1) is 0 Å². The molecule has 0 saturated carbocycles. The molecular formula is C34H29N3O3. The second kappa shape index (κ2) is 10.3. The lowest BCUT2D eigenvalue weighted by Crippen LogP contribution is -2.54. The number of nitrogens with zero attached hydrogens (tertiary/aromatic N) is 2. The summed E-state index contributed by atoms with van der Waals surface area (Å²) in [7, 11) is 0. The molecule has 1 aliphatic rings. The van der Waals surface area contributed by atoms with Gasteiger partial charge in [0.15, 0.2) is 0 Å². The second-order valence-electron chi connectivity index (χ2n) is 10.2. The highest BCUT2D eigenvalue weighted by atomic mass is 16.2. The number of barbiturate groups is 1. The smallest absolute Gasteiger partial charge is 0.335 e.